The molecule has 8 nitrogen and oxygen atoms in total. The molecule has 2 aromatic heterocycles. The number of aromatic nitrogens is 4. The Bertz CT molecular complexity index is 942. The lowest BCUT2D eigenvalue weighted by atomic mass is 10.2. The predicted molar refractivity (Wildman–Crippen MR) is 84.3 cm³/mol. The summed E-state index contributed by atoms with van der Waals surface area (Å²) in [5.74, 6) is -1.08. The molecule has 1 aliphatic rings. The summed E-state index contributed by atoms with van der Waals surface area (Å²) in [4.78, 5) is 29.6. The van der Waals surface area contributed by atoms with E-state index in [-0.39, 0.29) is 18.1 Å². The average molecular weight is 325 g/mol. The minimum atomic E-state index is -1.06. The quantitative estimate of drug-likeness (QED) is 0.774. The molecule has 0 fully saturated rings. The van der Waals surface area contributed by atoms with Gasteiger partial charge in [-0.3, -0.25) is 9.48 Å². The molecule has 1 aliphatic heterocycles. The molecule has 0 saturated carbocycles. The van der Waals surface area contributed by atoms with Gasteiger partial charge in [0.25, 0.3) is 0 Å². The zero-order valence-electron chi connectivity index (χ0n) is 12.8. The number of imidazole rings is 1. The van der Waals surface area contributed by atoms with Gasteiger partial charge in [-0.25, -0.2) is 9.78 Å². The number of carbonyl (C=O) groups excluding carboxylic acids is 1. The fourth-order valence-electron chi connectivity index (χ4n) is 2.97. The summed E-state index contributed by atoms with van der Waals surface area (Å²) in [5.41, 5.74) is 2.52. The summed E-state index contributed by atoms with van der Waals surface area (Å²) in [5, 5.41) is 13.0. The van der Waals surface area contributed by atoms with Crippen molar-refractivity contribution < 1.29 is 14.7 Å². The molecule has 0 aliphatic carbocycles. The Kier molecular flexibility index (Phi) is 3.30. The van der Waals surface area contributed by atoms with Crippen LogP contribution >= 0.6 is 0 Å². The number of carboxylic acids is 1. The summed E-state index contributed by atoms with van der Waals surface area (Å²) >= 11 is 0. The number of benzene rings is 1. The van der Waals surface area contributed by atoms with Crippen molar-refractivity contribution in [3.8, 4) is 0 Å². The third-order valence-corrected chi connectivity index (χ3v) is 4.20. The van der Waals surface area contributed by atoms with Gasteiger partial charge in [0.05, 0.1) is 36.1 Å². The minimum Gasteiger partial charge on any atom is -0.476 e. The first-order chi connectivity index (χ1) is 11.6. The lowest BCUT2D eigenvalue weighted by molar-refractivity contribution is -0.133. The molecular formula is C16H15N5O3. The molecule has 3 aromatic rings. The first-order valence-corrected chi connectivity index (χ1v) is 7.59. The molecule has 24 heavy (non-hydrogen) atoms. The summed E-state index contributed by atoms with van der Waals surface area (Å²) in [7, 11) is 0. The van der Waals surface area contributed by atoms with Crippen LogP contribution in [-0.2, 0) is 24.4 Å². The largest absolute Gasteiger partial charge is 0.476 e. The maximum absolute atomic E-state index is 12.6. The van der Waals surface area contributed by atoms with Gasteiger partial charge in [-0.05, 0) is 18.2 Å². The lowest BCUT2D eigenvalue weighted by Crippen LogP contribution is -2.40. The van der Waals surface area contributed by atoms with Crippen molar-refractivity contribution in [3.05, 3.63) is 48.0 Å². The van der Waals surface area contributed by atoms with E-state index in [1.54, 1.807) is 15.9 Å². The van der Waals surface area contributed by atoms with Gasteiger partial charge in [0.15, 0.2) is 5.69 Å². The summed E-state index contributed by atoms with van der Waals surface area (Å²) < 4.78 is 3.48. The van der Waals surface area contributed by atoms with Crippen molar-refractivity contribution in [1.82, 2.24) is 24.2 Å². The highest BCUT2D eigenvalue weighted by Crippen LogP contribution is 2.16. The van der Waals surface area contributed by atoms with E-state index >= 15 is 0 Å². The Hall–Kier alpha value is -3.16. The predicted octanol–water partition coefficient (Wildman–Crippen LogP) is 0.973. The number of fused-ring (bicyclic) bond motifs is 2. The number of carboxylic acid groups (broad SMARTS) is 1. The molecular weight excluding hydrogens is 310 g/mol. The van der Waals surface area contributed by atoms with Crippen molar-refractivity contribution in [3.63, 3.8) is 0 Å². The molecule has 1 aromatic carbocycles. The van der Waals surface area contributed by atoms with Gasteiger partial charge < -0.3 is 14.6 Å². The Morgan fingerprint density at radius 3 is 2.88 bits per heavy atom. The molecule has 0 unspecified atom stereocenters. The standard InChI is InChI=1S/C16H15N5O3/c22-15(9-20-10-17-12-3-1-2-4-14(12)20)19-5-6-21-11(8-19)7-13(18-21)16(23)24/h1-4,7,10H,5-6,8-9H2,(H,23,24). The third kappa shape index (κ3) is 2.41. The number of hydrogen-bond acceptors (Lipinski definition) is 4. The molecule has 1 N–H and O–H groups in total. The molecule has 1 amide bonds. The van der Waals surface area contributed by atoms with Crippen LogP contribution in [0.2, 0.25) is 0 Å². The second-order valence-electron chi connectivity index (χ2n) is 5.73. The van der Waals surface area contributed by atoms with Crippen LogP contribution < -0.4 is 0 Å². The Labute approximate surface area is 136 Å². The van der Waals surface area contributed by atoms with Crippen LogP contribution in [0.4, 0.5) is 0 Å². The maximum atomic E-state index is 12.6. The lowest BCUT2D eigenvalue weighted by Gasteiger charge is -2.27. The highest BCUT2D eigenvalue weighted by atomic mass is 16.4. The topological polar surface area (TPSA) is 93.3 Å². The zero-order chi connectivity index (χ0) is 16.7. The molecule has 122 valence electrons. The summed E-state index contributed by atoms with van der Waals surface area (Å²) in [6, 6.07) is 9.18. The Morgan fingerprint density at radius 1 is 1.21 bits per heavy atom. The van der Waals surface area contributed by atoms with Crippen molar-refractivity contribution in [2.75, 3.05) is 6.54 Å². The monoisotopic (exact) mass is 325 g/mol. The van der Waals surface area contributed by atoms with Crippen molar-refractivity contribution in [2.45, 2.75) is 19.6 Å². The highest BCUT2D eigenvalue weighted by Gasteiger charge is 2.24. The molecule has 3 heterocycles. The average Bonchev–Trinajstić information content (AvgIpc) is 3.18. The molecule has 0 spiro atoms. The normalized spacial score (nSPS) is 13.9. The van der Waals surface area contributed by atoms with Crippen LogP contribution in [0.5, 0.6) is 0 Å². The molecule has 8 heteroatoms. The second kappa shape index (κ2) is 5.48. The molecule has 0 saturated heterocycles. The number of hydrogen-bond donors (Lipinski definition) is 1. The van der Waals surface area contributed by atoms with Crippen molar-refractivity contribution in [2.24, 2.45) is 0 Å². The number of para-hydroxylation sites is 2. The number of carbonyl (C=O) groups is 2. The number of aromatic carboxylic acids is 1. The number of nitrogens with zero attached hydrogens (tertiary/aromatic N) is 5. The van der Waals surface area contributed by atoms with E-state index in [9.17, 15) is 9.59 Å². The summed E-state index contributed by atoms with van der Waals surface area (Å²) in [6.07, 6.45) is 1.67. The van der Waals surface area contributed by atoms with Gasteiger partial charge >= 0.3 is 5.97 Å². The number of rotatable bonds is 3. The van der Waals surface area contributed by atoms with E-state index in [0.717, 1.165) is 16.7 Å². The van der Waals surface area contributed by atoms with Gasteiger partial charge in [-0.1, -0.05) is 12.1 Å². The minimum absolute atomic E-state index is 0.0138. The maximum Gasteiger partial charge on any atom is 0.356 e. The van der Waals surface area contributed by atoms with E-state index in [1.165, 1.54) is 6.07 Å². The zero-order valence-corrected chi connectivity index (χ0v) is 12.8. The second-order valence-corrected chi connectivity index (χ2v) is 5.73. The van der Waals surface area contributed by atoms with Crippen LogP contribution in [0.15, 0.2) is 36.7 Å². The van der Waals surface area contributed by atoms with E-state index in [1.807, 2.05) is 28.8 Å². The van der Waals surface area contributed by atoms with Crippen LogP contribution in [-0.4, -0.2) is 47.8 Å². The fraction of sp³-hybridized carbons (Fsp3) is 0.250. The highest BCUT2D eigenvalue weighted by molar-refractivity contribution is 5.85. The first-order valence-electron chi connectivity index (χ1n) is 7.59. The summed E-state index contributed by atoms with van der Waals surface area (Å²) in [6.45, 7) is 1.59. The van der Waals surface area contributed by atoms with E-state index in [2.05, 4.69) is 10.1 Å². The Balaban J connectivity index is 1.52. The molecule has 0 radical (unpaired) electrons. The molecule has 0 bridgehead atoms. The van der Waals surface area contributed by atoms with Crippen LogP contribution in [0.3, 0.4) is 0 Å². The van der Waals surface area contributed by atoms with Gasteiger partial charge in [0.1, 0.15) is 6.54 Å². The van der Waals surface area contributed by atoms with E-state index < -0.39 is 5.97 Å². The van der Waals surface area contributed by atoms with Crippen LogP contribution in [0, 0.1) is 0 Å². The van der Waals surface area contributed by atoms with E-state index in [0.29, 0.717) is 19.6 Å². The number of amides is 1. The van der Waals surface area contributed by atoms with Crippen LogP contribution in [0.1, 0.15) is 16.2 Å². The molecule has 0 atom stereocenters. The fourth-order valence-corrected chi connectivity index (χ4v) is 2.97. The van der Waals surface area contributed by atoms with Gasteiger partial charge in [-0.15, -0.1) is 0 Å². The van der Waals surface area contributed by atoms with Gasteiger partial charge in [0, 0.05) is 6.54 Å². The molecule has 4 rings (SSSR count). The first kappa shape index (κ1) is 14.4. The SMILES string of the molecule is O=C(O)c1cc2n(n1)CCN(C(=O)Cn1cnc3ccccc31)C2. The van der Waals surface area contributed by atoms with Crippen molar-refractivity contribution >= 4 is 22.9 Å². The van der Waals surface area contributed by atoms with Crippen LogP contribution in [0.25, 0.3) is 11.0 Å². The Morgan fingerprint density at radius 2 is 2.04 bits per heavy atom. The third-order valence-electron chi connectivity index (χ3n) is 4.20. The van der Waals surface area contributed by atoms with Crippen molar-refractivity contribution in [1.29, 1.82) is 0 Å². The smallest absolute Gasteiger partial charge is 0.356 e. The van der Waals surface area contributed by atoms with Gasteiger partial charge in [0.2, 0.25) is 5.91 Å². The van der Waals surface area contributed by atoms with E-state index in [4.69, 9.17) is 5.11 Å². The van der Waals surface area contributed by atoms with Gasteiger partial charge in [-0.2, -0.15) is 5.10 Å².